The van der Waals surface area contributed by atoms with Gasteiger partial charge in [-0.05, 0) is 71.2 Å². The first-order chi connectivity index (χ1) is 12.6. The van der Waals surface area contributed by atoms with Crippen molar-refractivity contribution in [3.8, 4) is 0 Å². The fourth-order valence-corrected chi connectivity index (χ4v) is 5.73. The van der Waals surface area contributed by atoms with E-state index in [9.17, 15) is 4.79 Å². The van der Waals surface area contributed by atoms with E-state index in [0.717, 1.165) is 44.3 Å². The summed E-state index contributed by atoms with van der Waals surface area (Å²) in [7, 11) is 0. The molecule has 4 nitrogen and oxygen atoms in total. The molecule has 2 atom stereocenters. The number of carbonyl (C=O) groups is 1. The van der Waals surface area contributed by atoms with Crippen molar-refractivity contribution >= 4 is 27.5 Å². The zero-order valence-electron chi connectivity index (χ0n) is 15.9. The molecule has 3 heterocycles. The number of hydrogen-bond donors (Lipinski definition) is 0. The fraction of sp³-hybridized carbons (Fsp3) is 0.619. The number of para-hydroxylation sites is 1. The first kappa shape index (κ1) is 17.9. The van der Waals surface area contributed by atoms with E-state index in [-0.39, 0.29) is 0 Å². The van der Waals surface area contributed by atoms with Crippen LogP contribution in [-0.4, -0.2) is 52.4 Å². The molecule has 2 saturated heterocycles. The van der Waals surface area contributed by atoms with Gasteiger partial charge in [0.1, 0.15) is 0 Å². The van der Waals surface area contributed by atoms with Gasteiger partial charge in [0.15, 0.2) is 0 Å². The van der Waals surface area contributed by atoms with E-state index in [1.807, 2.05) is 11.3 Å². The van der Waals surface area contributed by atoms with Crippen LogP contribution in [0.25, 0.3) is 10.2 Å². The van der Waals surface area contributed by atoms with Crippen LogP contribution < -0.4 is 0 Å². The molecule has 2 unspecified atom stereocenters. The predicted octanol–water partition coefficient (Wildman–Crippen LogP) is 4.27. The standard InChI is InChI=1S/C21H29N3OS/c1-15-6-5-7-16(2)24(15)20(25)14-23-12-10-17(11-13-23)21-22-18-8-3-4-9-19(18)26-21/h3-4,8-9,15-17H,5-7,10-14H2,1-2H3. The Balaban J connectivity index is 1.34. The lowest BCUT2D eigenvalue weighted by Gasteiger charge is -2.41. The van der Waals surface area contributed by atoms with E-state index in [1.54, 1.807) is 0 Å². The molecule has 2 aliphatic heterocycles. The molecular formula is C21H29N3OS. The third-order valence-electron chi connectivity index (χ3n) is 6.09. The number of piperidine rings is 2. The minimum atomic E-state index is 0.322. The SMILES string of the molecule is CC1CCCC(C)N1C(=O)CN1CCC(c2nc3ccccc3s2)CC1. The van der Waals surface area contributed by atoms with Crippen molar-refractivity contribution in [3.05, 3.63) is 29.3 Å². The number of nitrogens with zero attached hydrogens (tertiary/aromatic N) is 3. The van der Waals surface area contributed by atoms with Crippen molar-refractivity contribution in [1.29, 1.82) is 0 Å². The van der Waals surface area contributed by atoms with Gasteiger partial charge in [-0.3, -0.25) is 9.69 Å². The largest absolute Gasteiger partial charge is 0.336 e. The summed E-state index contributed by atoms with van der Waals surface area (Å²) in [5, 5.41) is 1.27. The molecule has 26 heavy (non-hydrogen) atoms. The number of fused-ring (bicyclic) bond motifs is 1. The zero-order chi connectivity index (χ0) is 18.1. The maximum atomic E-state index is 12.8. The van der Waals surface area contributed by atoms with Gasteiger partial charge in [0.25, 0.3) is 0 Å². The first-order valence-corrected chi connectivity index (χ1v) is 10.8. The average molecular weight is 372 g/mol. The number of amides is 1. The molecule has 4 rings (SSSR count). The van der Waals surface area contributed by atoms with Gasteiger partial charge >= 0.3 is 0 Å². The molecule has 5 heteroatoms. The smallest absolute Gasteiger partial charge is 0.237 e. The summed E-state index contributed by atoms with van der Waals surface area (Å²) in [6.07, 6.45) is 5.77. The maximum absolute atomic E-state index is 12.8. The minimum Gasteiger partial charge on any atom is -0.336 e. The van der Waals surface area contributed by atoms with E-state index in [0.29, 0.717) is 30.5 Å². The molecule has 2 fully saturated rings. The van der Waals surface area contributed by atoms with Gasteiger partial charge in [-0.15, -0.1) is 11.3 Å². The fourth-order valence-electron chi connectivity index (χ4n) is 4.59. The second-order valence-corrected chi connectivity index (χ2v) is 9.06. The van der Waals surface area contributed by atoms with E-state index >= 15 is 0 Å². The van der Waals surface area contributed by atoms with Crippen LogP contribution in [0.5, 0.6) is 0 Å². The number of carbonyl (C=O) groups excluding carboxylic acids is 1. The molecule has 0 bridgehead atoms. The Kier molecular flexibility index (Phi) is 5.28. The Morgan fingerprint density at radius 1 is 1.12 bits per heavy atom. The van der Waals surface area contributed by atoms with Gasteiger partial charge in [-0.1, -0.05) is 12.1 Å². The highest BCUT2D eigenvalue weighted by molar-refractivity contribution is 7.18. The van der Waals surface area contributed by atoms with Crippen LogP contribution in [-0.2, 0) is 4.79 Å². The molecule has 1 aromatic heterocycles. The van der Waals surface area contributed by atoms with Crippen LogP contribution >= 0.6 is 11.3 Å². The Bertz CT molecular complexity index is 722. The summed E-state index contributed by atoms with van der Waals surface area (Å²) in [5.41, 5.74) is 1.12. The number of thiazole rings is 1. The van der Waals surface area contributed by atoms with Crippen molar-refractivity contribution in [3.63, 3.8) is 0 Å². The van der Waals surface area contributed by atoms with Gasteiger partial charge in [0.2, 0.25) is 5.91 Å². The molecule has 140 valence electrons. The summed E-state index contributed by atoms with van der Waals surface area (Å²) in [6, 6.07) is 9.19. The molecule has 1 amide bonds. The van der Waals surface area contributed by atoms with Gasteiger partial charge in [0.05, 0.1) is 21.8 Å². The summed E-state index contributed by atoms with van der Waals surface area (Å²) in [6.45, 7) is 6.99. The van der Waals surface area contributed by atoms with E-state index in [4.69, 9.17) is 4.98 Å². The molecular weight excluding hydrogens is 342 g/mol. The lowest BCUT2D eigenvalue weighted by molar-refractivity contribution is -0.138. The second kappa shape index (κ2) is 7.65. The molecule has 0 saturated carbocycles. The van der Waals surface area contributed by atoms with Gasteiger partial charge < -0.3 is 4.90 Å². The third-order valence-corrected chi connectivity index (χ3v) is 7.29. The van der Waals surface area contributed by atoms with Crippen LogP contribution in [0.3, 0.4) is 0 Å². The molecule has 2 aromatic rings. The molecule has 2 aliphatic rings. The highest BCUT2D eigenvalue weighted by atomic mass is 32.1. The average Bonchev–Trinajstić information content (AvgIpc) is 3.06. The van der Waals surface area contributed by atoms with Crippen molar-refractivity contribution in [1.82, 2.24) is 14.8 Å². The maximum Gasteiger partial charge on any atom is 0.237 e. The lowest BCUT2D eigenvalue weighted by atomic mass is 9.96. The summed E-state index contributed by atoms with van der Waals surface area (Å²) in [4.78, 5) is 22.2. The highest BCUT2D eigenvalue weighted by Gasteiger charge is 2.31. The summed E-state index contributed by atoms with van der Waals surface area (Å²) in [5.74, 6) is 0.870. The van der Waals surface area contributed by atoms with Crippen molar-refractivity contribution in [2.24, 2.45) is 0 Å². The monoisotopic (exact) mass is 371 g/mol. The Morgan fingerprint density at radius 3 is 2.50 bits per heavy atom. The summed E-state index contributed by atoms with van der Waals surface area (Å²) < 4.78 is 1.29. The van der Waals surface area contributed by atoms with Crippen LogP contribution in [0.2, 0.25) is 0 Å². The van der Waals surface area contributed by atoms with Crippen LogP contribution in [0.1, 0.15) is 56.9 Å². The van der Waals surface area contributed by atoms with Crippen molar-refractivity contribution in [2.45, 2.75) is 64.0 Å². The molecule has 0 radical (unpaired) electrons. The molecule has 0 spiro atoms. The number of aromatic nitrogens is 1. The zero-order valence-corrected chi connectivity index (χ0v) is 16.7. The highest BCUT2D eigenvalue weighted by Crippen LogP contribution is 2.34. The quantitative estimate of drug-likeness (QED) is 0.809. The number of likely N-dealkylation sites (tertiary alicyclic amines) is 2. The Labute approximate surface area is 160 Å². The molecule has 0 aliphatic carbocycles. The van der Waals surface area contributed by atoms with Crippen LogP contribution in [0.15, 0.2) is 24.3 Å². The van der Waals surface area contributed by atoms with E-state index in [2.05, 4.69) is 47.9 Å². The topological polar surface area (TPSA) is 36.4 Å². The van der Waals surface area contributed by atoms with Crippen LogP contribution in [0, 0.1) is 0 Å². The number of rotatable bonds is 3. The normalized spacial score (nSPS) is 25.7. The minimum absolute atomic E-state index is 0.322. The number of benzene rings is 1. The van der Waals surface area contributed by atoms with Gasteiger partial charge in [0, 0.05) is 18.0 Å². The second-order valence-electron chi connectivity index (χ2n) is 8.00. The third kappa shape index (κ3) is 3.65. The van der Waals surface area contributed by atoms with Crippen molar-refractivity contribution < 1.29 is 4.79 Å². The Morgan fingerprint density at radius 2 is 1.81 bits per heavy atom. The van der Waals surface area contributed by atoms with Gasteiger partial charge in [-0.25, -0.2) is 4.98 Å². The van der Waals surface area contributed by atoms with E-state index in [1.165, 1.54) is 16.1 Å². The Hall–Kier alpha value is -1.46. The number of hydrogen-bond acceptors (Lipinski definition) is 4. The molecule has 0 N–H and O–H groups in total. The summed E-state index contributed by atoms with van der Waals surface area (Å²) >= 11 is 1.84. The van der Waals surface area contributed by atoms with Crippen molar-refractivity contribution in [2.75, 3.05) is 19.6 Å². The van der Waals surface area contributed by atoms with Crippen LogP contribution in [0.4, 0.5) is 0 Å². The van der Waals surface area contributed by atoms with Gasteiger partial charge in [-0.2, -0.15) is 0 Å². The molecule has 1 aromatic carbocycles. The predicted molar refractivity (Wildman–Crippen MR) is 108 cm³/mol. The first-order valence-electron chi connectivity index (χ1n) is 10.0. The lowest BCUT2D eigenvalue weighted by Crippen LogP contribution is -2.51. The van der Waals surface area contributed by atoms with E-state index < -0.39 is 0 Å².